The number of aliphatic hydroxyl groups is 8. The summed E-state index contributed by atoms with van der Waals surface area (Å²) in [5, 5.41) is 87.2. The fourth-order valence-corrected chi connectivity index (χ4v) is 10.7. The minimum absolute atomic E-state index is 0.243. The Hall–Kier alpha value is -3.35. The monoisotopic (exact) mass is 1220 g/mol. The van der Waals surface area contributed by atoms with Gasteiger partial charge in [0.25, 0.3) is 0 Å². The molecular weight excluding hydrogens is 1100 g/mol. The minimum atomic E-state index is -1.79. The van der Waals surface area contributed by atoms with E-state index in [0.717, 1.165) is 89.9 Å². The topological polar surface area (TPSA) is 228 Å². The third kappa shape index (κ3) is 40.9. The number of hydrogen-bond acceptors (Lipinski definition) is 13. The summed E-state index contributed by atoms with van der Waals surface area (Å²) in [5.74, 6) is -0.243. The van der Waals surface area contributed by atoms with Crippen molar-refractivity contribution in [3.05, 3.63) is 109 Å². The van der Waals surface area contributed by atoms with Gasteiger partial charge in [-0.15, -0.1) is 0 Å². The number of unbranched alkanes of at least 4 members (excludes halogenated alkanes) is 26. The van der Waals surface area contributed by atoms with Crippen LogP contribution in [0.4, 0.5) is 0 Å². The number of aliphatic hydroxyl groups excluding tert-OH is 8. The van der Waals surface area contributed by atoms with E-state index in [1.165, 1.54) is 135 Å². The fraction of sp³-hybridized carbons (Fsp3) is 0.740. The summed E-state index contributed by atoms with van der Waals surface area (Å²) in [6.07, 6.45) is 64.3. The number of hydrogen-bond donors (Lipinski definition) is 9. The minimum Gasteiger partial charge on any atom is -0.394 e. The van der Waals surface area contributed by atoms with Crippen LogP contribution < -0.4 is 5.32 Å². The molecule has 14 heteroatoms. The molecule has 0 radical (unpaired) electrons. The summed E-state index contributed by atoms with van der Waals surface area (Å²) < 4.78 is 22.8. The van der Waals surface area contributed by atoms with Crippen LogP contribution in [-0.4, -0.2) is 140 Å². The molecule has 0 aromatic carbocycles. The van der Waals surface area contributed by atoms with Crippen molar-refractivity contribution in [3.63, 3.8) is 0 Å². The summed E-state index contributed by atoms with van der Waals surface area (Å²) in [7, 11) is 0. The second-order valence-electron chi connectivity index (χ2n) is 23.9. The van der Waals surface area contributed by atoms with E-state index in [9.17, 15) is 45.6 Å². The van der Waals surface area contributed by atoms with Crippen molar-refractivity contribution in [3.8, 4) is 0 Å². The van der Waals surface area contributed by atoms with Crippen molar-refractivity contribution in [1.29, 1.82) is 0 Å². The van der Waals surface area contributed by atoms with E-state index in [2.05, 4.69) is 116 Å². The van der Waals surface area contributed by atoms with E-state index in [-0.39, 0.29) is 18.9 Å². The summed E-state index contributed by atoms with van der Waals surface area (Å²) in [6, 6.07) is -0.920. The van der Waals surface area contributed by atoms with Gasteiger partial charge in [-0.2, -0.15) is 0 Å². The standard InChI is InChI=1S/C73H125NO13/c1-3-5-7-9-11-13-15-17-19-20-21-22-23-24-25-26-27-28-29-30-31-32-33-34-35-36-37-38-39-40-41-42-43-45-47-49-51-53-55-57-65(78)74-61(62(77)56-54-52-50-48-46-44-18-16-14-12-10-8-6-4-2)60-84-72-70(83)68(81)71(64(59-76)86-72)87-73-69(82)67(80)66(79)63(58-75)85-73/h5,7,11,13,17,19,21-22,24-25,27-28,30-31,33-34,54,56,61-64,66-73,75-77,79-83H,3-4,6,8-10,12,14-16,18,20,23,26,29,32,35-53,55,57-60H2,1-2H3,(H,74,78)/b7-5-,13-11-,19-17-,22-21-,25-24-,28-27-,31-30-,34-33-,56-54+. The van der Waals surface area contributed by atoms with Crippen molar-refractivity contribution < 1.29 is 64.6 Å². The van der Waals surface area contributed by atoms with Gasteiger partial charge in [0, 0.05) is 6.42 Å². The Balaban J connectivity index is 1.60. The maximum absolute atomic E-state index is 13.3. The van der Waals surface area contributed by atoms with E-state index in [1.807, 2.05) is 6.08 Å². The van der Waals surface area contributed by atoms with Crippen molar-refractivity contribution in [2.75, 3.05) is 19.8 Å². The van der Waals surface area contributed by atoms with Crippen LogP contribution in [0.5, 0.6) is 0 Å². The van der Waals surface area contributed by atoms with Gasteiger partial charge in [0.05, 0.1) is 32.0 Å². The Bertz CT molecular complexity index is 1880. The molecule has 2 fully saturated rings. The lowest BCUT2D eigenvalue weighted by Gasteiger charge is -2.46. The molecule has 12 atom stereocenters. The van der Waals surface area contributed by atoms with Crippen molar-refractivity contribution in [2.45, 2.75) is 325 Å². The predicted molar refractivity (Wildman–Crippen MR) is 355 cm³/mol. The summed E-state index contributed by atoms with van der Waals surface area (Å²) in [4.78, 5) is 13.3. The second-order valence-corrected chi connectivity index (χ2v) is 23.9. The first-order valence-corrected chi connectivity index (χ1v) is 34.6. The Morgan fingerprint density at radius 3 is 1.22 bits per heavy atom. The molecule has 0 spiro atoms. The van der Waals surface area contributed by atoms with Gasteiger partial charge in [-0.1, -0.05) is 271 Å². The molecule has 0 aromatic rings. The quantitative estimate of drug-likeness (QED) is 0.0204. The van der Waals surface area contributed by atoms with Gasteiger partial charge >= 0.3 is 0 Å². The molecule has 2 rings (SSSR count). The molecule has 2 heterocycles. The molecule has 2 aliphatic heterocycles. The molecule has 500 valence electrons. The molecule has 0 saturated carbocycles. The van der Waals surface area contributed by atoms with Crippen LogP contribution in [0, 0.1) is 0 Å². The molecule has 1 amide bonds. The molecule has 2 saturated heterocycles. The number of carbonyl (C=O) groups is 1. The van der Waals surface area contributed by atoms with Gasteiger partial charge in [-0.3, -0.25) is 4.79 Å². The molecular formula is C73H125NO13. The van der Waals surface area contributed by atoms with Crippen LogP contribution in [-0.2, 0) is 23.7 Å². The SMILES string of the molecule is CC/C=C\C/C=C\C/C=C\C/C=C\C/C=C\C/C=C\C/C=C\C/C=C\CCCCCCCCCCCCCCCCC(=O)NC(COC1OC(CO)C(OC2OC(CO)C(O)C(O)C2O)C(O)C1O)C(O)/C=C/CCCCCCCCCCCCCC. The average molecular weight is 1220 g/mol. The first-order chi connectivity index (χ1) is 42.6. The predicted octanol–water partition coefficient (Wildman–Crippen LogP) is 14.0. The smallest absolute Gasteiger partial charge is 0.220 e. The molecule has 12 unspecified atom stereocenters. The molecule has 0 bridgehead atoms. The summed E-state index contributed by atoms with van der Waals surface area (Å²) >= 11 is 0. The summed E-state index contributed by atoms with van der Waals surface area (Å²) in [5.41, 5.74) is 0. The third-order valence-corrected chi connectivity index (χ3v) is 16.2. The van der Waals surface area contributed by atoms with E-state index in [1.54, 1.807) is 6.08 Å². The Morgan fingerprint density at radius 1 is 0.425 bits per heavy atom. The second kappa shape index (κ2) is 56.6. The maximum Gasteiger partial charge on any atom is 0.220 e. The maximum atomic E-state index is 13.3. The molecule has 0 aliphatic carbocycles. The summed E-state index contributed by atoms with van der Waals surface area (Å²) in [6.45, 7) is 2.68. The van der Waals surface area contributed by atoms with E-state index in [4.69, 9.17) is 18.9 Å². The van der Waals surface area contributed by atoms with Gasteiger partial charge in [-0.05, 0) is 83.5 Å². The lowest BCUT2D eigenvalue weighted by atomic mass is 9.97. The van der Waals surface area contributed by atoms with Crippen molar-refractivity contribution in [1.82, 2.24) is 5.32 Å². The van der Waals surface area contributed by atoms with Gasteiger partial charge in [0.1, 0.15) is 48.8 Å². The Morgan fingerprint density at radius 2 is 0.793 bits per heavy atom. The number of carbonyl (C=O) groups excluding carboxylic acids is 1. The number of amides is 1. The largest absolute Gasteiger partial charge is 0.394 e. The third-order valence-electron chi connectivity index (χ3n) is 16.2. The Kier molecular flexibility index (Phi) is 51.9. The number of rotatable bonds is 55. The van der Waals surface area contributed by atoms with Crippen LogP contribution in [0.3, 0.4) is 0 Å². The van der Waals surface area contributed by atoms with E-state index >= 15 is 0 Å². The van der Waals surface area contributed by atoms with Gasteiger partial charge < -0.3 is 65.1 Å². The zero-order chi connectivity index (χ0) is 63.1. The van der Waals surface area contributed by atoms with Gasteiger partial charge in [-0.25, -0.2) is 0 Å². The molecule has 87 heavy (non-hydrogen) atoms. The molecule has 9 N–H and O–H groups in total. The zero-order valence-electron chi connectivity index (χ0n) is 54.2. The van der Waals surface area contributed by atoms with Crippen molar-refractivity contribution >= 4 is 5.91 Å². The lowest BCUT2D eigenvalue weighted by Crippen LogP contribution is -2.65. The number of allylic oxidation sites excluding steroid dienone is 17. The zero-order valence-corrected chi connectivity index (χ0v) is 54.2. The van der Waals surface area contributed by atoms with Crippen LogP contribution in [0.25, 0.3) is 0 Å². The first-order valence-electron chi connectivity index (χ1n) is 34.6. The molecule has 14 nitrogen and oxygen atoms in total. The van der Waals surface area contributed by atoms with Crippen LogP contribution >= 0.6 is 0 Å². The number of ether oxygens (including phenoxy) is 4. The highest BCUT2D eigenvalue weighted by atomic mass is 16.7. The van der Waals surface area contributed by atoms with Crippen molar-refractivity contribution in [2.24, 2.45) is 0 Å². The fourth-order valence-electron chi connectivity index (χ4n) is 10.7. The highest BCUT2D eigenvalue weighted by Crippen LogP contribution is 2.30. The molecule has 2 aliphatic rings. The Labute approximate surface area is 527 Å². The average Bonchev–Trinajstić information content (AvgIpc) is 2.05. The molecule has 0 aromatic heterocycles. The number of nitrogens with one attached hydrogen (secondary N) is 1. The highest BCUT2D eigenvalue weighted by molar-refractivity contribution is 5.76. The highest BCUT2D eigenvalue weighted by Gasteiger charge is 2.51. The van der Waals surface area contributed by atoms with Crippen LogP contribution in [0.1, 0.15) is 251 Å². The van der Waals surface area contributed by atoms with E-state index in [0.29, 0.717) is 6.42 Å². The van der Waals surface area contributed by atoms with E-state index < -0.39 is 86.8 Å². The van der Waals surface area contributed by atoms with Gasteiger partial charge in [0.2, 0.25) is 5.91 Å². The lowest BCUT2D eigenvalue weighted by molar-refractivity contribution is -0.359. The normalized spacial score (nSPS) is 24.0. The van der Waals surface area contributed by atoms with Crippen LogP contribution in [0.2, 0.25) is 0 Å². The van der Waals surface area contributed by atoms with Crippen LogP contribution in [0.15, 0.2) is 109 Å². The first kappa shape index (κ1) is 79.7. The van der Waals surface area contributed by atoms with Gasteiger partial charge in [0.15, 0.2) is 12.6 Å².